The smallest absolute Gasteiger partial charge is 0.218 e. The molecule has 0 heterocycles. The maximum Gasteiger partial charge on any atom is 0.218 e. The van der Waals surface area contributed by atoms with Gasteiger partial charge in [-0.1, -0.05) is 36.4 Å². The molecule has 0 aliphatic heterocycles. The molecule has 1 aromatic carbocycles. The Hall–Kier alpha value is -1.17. The third-order valence-electron chi connectivity index (χ3n) is 3.51. The van der Waals surface area contributed by atoms with Crippen LogP contribution in [-0.2, 0) is 22.3 Å². The lowest BCUT2D eigenvalue weighted by Crippen LogP contribution is -2.29. The van der Waals surface area contributed by atoms with Gasteiger partial charge < -0.3 is 5.32 Å². The maximum atomic E-state index is 12.2. The summed E-state index contributed by atoms with van der Waals surface area (Å²) in [5.41, 5.74) is 2.85. The van der Waals surface area contributed by atoms with Crippen molar-refractivity contribution in [1.82, 2.24) is 9.62 Å². The normalized spacial score (nSPS) is 15.4. The summed E-state index contributed by atoms with van der Waals surface area (Å²) in [5, 5.41) is 3.44. The number of nitrogens with one attached hydrogen (secondary N) is 1. The number of hydrogen-bond donors (Lipinski definition) is 1. The predicted molar refractivity (Wildman–Crippen MR) is 86.4 cm³/mol. The van der Waals surface area contributed by atoms with Crippen molar-refractivity contribution < 1.29 is 8.42 Å². The van der Waals surface area contributed by atoms with E-state index in [0.717, 1.165) is 17.7 Å². The third kappa shape index (κ3) is 5.26. The van der Waals surface area contributed by atoms with Crippen LogP contribution in [0.1, 0.15) is 30.9 Å². The van der Waals surface area contributed by atoms with Gasteiger partial charge in [-0.15, -0.1) is 0 Å². The number of likely N-dealkylation sites (N-methyl/N-ethyl adjacent to an activating group) is 1. The minimum Gasteiger partial charge on any atom is -0.310 e. The Morgan fingerprint density at radius 3 is 2.38 bits per heavy atom. The number of hydrogen-bond acceptors (Lipinski definition) is 3. The number of benzene rings is 1. The summed E-state index contributed by atoms with van der Waals surface area (Å²) in [7, 11) is -1.68. The molecule has 1 aliphatic carbocycles. The van der Waals surface area contributed by atoms with Gasteiger partial charge >= 0.3 is 0 Å². The van der Waals surface area contributed by atoms with Crippen molar-refractivity contribution in [3.63, 3.8) is 0 Å². The minimum atomic E-state index is -3.28. The highest BCUT2D eigenvalue weighted by atomic mass is 32.2. The van der Waals surface area contributed by atoms with Crippen molar-refractivity contribution in [2.24, 2.45) is 0 Å². The molecule has 5 heteroatoms. The lowest BCUT2D eigenvalue weighted by molar-refractivity contribution is 0.492. The van der Waals surface area contributed by atoms with Crippen LogP contribution >= 0.6 is 0 Å². The first-order valence-electron chi connectivity index (χ1n) is 7.26. The molecule has 2 rings (SSSR count). The van der Waals surface area contributed by atoms with Crippen LogP contribution in [0.4, 0.5) is 0 Å². The van der Waals surface area contributed by atoms with Gasteiger partial charge in [0.2, 0.25) is 10.0 Å². The lowest BCUT2D eigenvalue weighted by atomic mass is 10.1. The second-order valence-electron chi connectivity index (χ2n) is 5.94. The molecule has 0 amide bonds. The number of rotatable bonds is 8. The molecule has 0 atom stereocenters. The van der Waals surface area contributed by atoms with E-state index in [0.29, 0.717) is 12.6 Å². The van der Waals surface area contributed by atoms with Gasteiger partial charge in [0, 0.05) is 26.2 Å². The van der Waals surface area contributed by atoms with Gasteiger partial charge in [-0.05, 0) is 30.9 Å². The highest BCUT2D eigenvalue weighted by Crippen LogP contribution is 2.19. The van der Waals surface area contributed by atoms with E-state index in [-0.39, 0.29) is 5.75 Å². The van der Waals surface area contributed by atoms with E-state index in [1.165, 1.54) is 22.7 Å². The van der Waals surface area contributed by atoms with Crippen LogP contribution in [0.5, 0.6) is 0 Å². The van der Waals surface area contributed by atoms with Crippen LogP contribution < -0.4 is 5.32 Å². The first kappa shape index (κ1) is 16.2. The van der Waals surface area contributed by atoms with Crippen LogP contribution in [0.3, 0.4) is 0 Å². The SMILES string of the molecule is C=C(C)CN(C)S(=O)(=O)Cc1ccc(CNC2CC2)cc1. The summed E-state index contributed by atoms with van der Waals surface area (Å²) < 4.78 is 25.8. The Labute approximate surface area is 127 Å². The molecule has 1 fully saturated rings. The molecule has 1 aliphatic rings. The first-order chi connectivity index (χ1) is 9.87. The fourth-order valence-electron chi connectivity index (χ4n) is 2.10. The van der Waals surface area contributed by atoms with Crippen LogP contribution in [0.2, 0.25) is 0 Å². The highest BCUT2D eigenvalue weighted by molar-refractivity contribution is 7.88. The molecule has 21 heavy (non-hydrogen) atoms. The fraction of sp³-hybridized carbons (Fsp3) is 0.500. The standard InChI is InChI=1S/C16H24N2O2S/c1-13(2)11-18(3)21(19,20)12-15-6-4-14(5-7-15)10-17-16-8-9-16/h4-7,16-17H,1,8-12H2,2-3H3. The molecule has 116 valence electrons. The lowest BCUT2D eigenvalue weighted by Gasteiger charge is -2.17. The Morgan fingerprint density at radius 1 is 1.29 bits per heavy atom. The molecule has 0 radical (unpaired) electrons. The van der Waals surface area contributed by atoms with Gasteiger partial charge in [-0.3, -0.25) is 0 Å². The van der Waals surface area contributed by atoms with E-state index in [1.54, 1.807) is 7.05 Å². The predicted octanol–water partition coefficient (Wildman–Crippen LogP) is 2.28. The van der Waals surface area contributed by atoms with E-state index in [2.05, 4.69) is 11.9 Å². The van der Waals surface area contributed by atoms with Crippen molar-refractivity contribution in [3.05, 3.63) is 47.5 Å². The number of sulfonamides is 1. The van der Waals surface area contributed by atoms with Crippen molar-refractivity contribution in [3.8, 4) is 0 Å². The molecule has 1 saturated carbocycles. The molecule has 0 bridgehead atoms. The molecule has 0 aromatic heterocycles. The van der Waals surface area contributed by atoms with E-state index >= 15 is 0 Å². The summed E-state index contributed by atoms with van der Waals surface area (Å²) in [6.07, 6.45) is 2.54. The summed E-state index contributed by atoms with van der Waals surface area (Å²) >= 11 is 0. The van der Waals surface area contributed by atoms with Gasteiger partial charge in [-0.2, -0.15) is 0 Å². The average molecular weight is 308 g/mol. The van der Waals surface area contributed by atoms with Gasteiger partial charge in [0.05, 0.1) is 5.75 Å². The van der Waals surface area contributed by atoms with Crippen LogP contribution in [-0.4, -0.2) is 32.4 Å². The molecule has 0 unspecified atom stereocenters. The topological polar surface area (TPSA) is 49.4 Å². The van der Waals surface area contributed by atoms with E-state index < -0.39 is 10.0 Å². The Balaban J connectivity index is 1.93. The Morgan fingerprint density at radius 2 is 1.86 bits per heavy atom. The maximum absolute atomic E-state index is 12.2. The highest BCUT2D eigenvalue weighted by Gasteiger charge is 2.20. The quantitative estimate of drug-likeness (QED) is 0.750. The van der Waals surface area contributed by atoms with E-state index in [9.17, 15) is 8.42 Å². The minimum absolute atomic E-state index is 0.0348. The van der Waals surface area contributed by atoms with Crippen molar-refractivity contribution >= 4 is 10.0 Å². The van der Waals surface area contributed by atoms with Gasteiger partial charge in [0.15, 0.2) is 0 Å². The molecule has 1 N–H and O–H groups in total. The molecule has 1 aromatic rings. The first-order valence-corrected chi connectivity index (χ1v) is 8.87. The van der Waals surface area contributed by atoms with Crippen LogP contribution in [0.25, 0.3) is 0 Å². The molecular formula is C16H24N2O2S. The second kappa shape index (κ2) is 6.73. The number of nitrogens with zero attached hydrogens (tertiary/aromatic N) is 1. The zero-order chi connectivity index (χ0) is 15.5. The Kier molecular flexibility index (Phi) is 5.19. The van der Waals surface area contributed by atoms with Crippen LogP contribution in [0, 0.1) is 0 Å². The van der Waals surface area contributed by atoms with Crippen molar-refractivity contribution in [1.29, 1.82) is 0 Å². The Bertz CT molecular complexity index is 589. The zero-order valence-corrected chi connectivity index (χ0v) is 13.6. The second-order valence-corrected chi connectivity index (χ2v) is 8.02. The summed E-state index contributed by atoms with van der Waals surface area (Å²) in [4.78, 5) is 0. The molecular weight excluding hydrogens is 284 g/mol. The van der Waals surface area contributed by atoms with Gasteiger partial charge in [-0.25, -0.2) is 12.7 Å². The van der Waals surface area contributed by atoms with E-state index in [4.69, 9.17) is 0 Å². The average Bonchev–Trinajstić information content (AvgIpc) is 3.21. The monoisotopic (exact) mass is 308 g/mol. The van der Waals surface area contributed by atoms with E-state index in [1.807, 2.05) is 31.2 Å². The summed E-state index contributed by atoms with van der Waals surface area (Å²) in [6, 6.07) is 8.48. The molecule has 0 spiro atoms. The largest absolute Gasteiger partial charge is 0.310 e. The fourth-order valence-corrected chi connectivity index (χ4v) is 3.35. The van der Waals surface area contributed by atoms with Gasteiger partial charge in [0.25, 0.3) is 0 Å². The molecule has 4 nitrogen and oxygen atoms in total. The molecule has 0 saturated heterocycles. The van der Waals surface area contributed by atoms with Crippen LogP contribution in [0.15, 0.2) is 36.4 Å². The zero-order valence-electron chi connectivity index (χ0n) is 12.8. The summed E-state index contributed by atoms with van der Waals surface area (Å²) in [6.45, 7) is 6.80. The van der Waals surface area contributed by atoms with Crippen molar-refractivity contribution in [2.75, 3.05) is 13.6 Å². The van der Waals surface area contributed by atoms with Crippen molar-refractivity contribution in [2.45, 2.75) is 38.1 Å². The van der Waals surface area contributed by atoms with Gasteiger partial charge in [0.1, 0.15) is 0 Å². The third-order valence-corrected chi connectivity index (χ3v) is 5.29. The summed E-state index contributed by atoms with van der Waals surface area (Å²) in [5.74, 6) is 0.0348.